The first kappa shape index (κ1) is 22.3. The summed E-state index contributed by atoms with van der Waals surface area (Å²) in [6.45, 7) is 3.21. The van der Waals surface area contributed by atoms with Gasteiger partial charge in [-0.2, -0.15) is 5.26 Å². The number of ether oxygens (including phenoxy) is 1. The summed E-state index contributed by atoms with van der Waals surface area (Å²) in [6.07, 6.45) is 5.16. The maximum Gasteiger partial charge on any atom is 0.214 e. The monoisotopic (exact) mass is 468 g/mol. The van der Waals surface area contributed by atoms with Crippen molar-refractivity contribution in [1.29, 1.82) is 10.7 Å². The van der Waals surface area contributed by atoms with E-state index in [0.717, 1.165) is 18.9 Å². The number of primary sulfonamides is 1. The minimum atomic E-state index is -3.71. The third-order valence-electron chi connectivity index (χ3n) is 7.25. The number of rotatable bonds is 5. The topological polar surface area (TPSA) is 120 Å². The standard InChI is InChI=1S/C21H26ClFN4O3S/c1-20(2,30-17-4-3-15(22)7-16(17)23)19(25)27(11-24)18-13-5-12-6-14(18)10-21(8-12,9-13)31(26,28)29/h3-4,7,12-14,18,25H,5-6,8-10H2,1-2H3,(H2,26,28,29). The average molecular weight is 469 g/mol. The van der Waals surface area contributed by atoms with Crippen LogP contribution in [-0.4, -0.2) is 35.5 Å². The molecule has 10 heteroatoms. The maximum atomic E-state index is 14.2. The number of amidine groups is 1. The van der Waals surface area contributed by atoms with Gasteiger partial charge in [-0.1, -0.05) is 11.6 Å². The fourth-order valence-electron chi connectivity index (χ4n) is 6.13. The number of benzene rings is 1. The lowest BCUT2D eigenvalue weighted by molar-refractivity contribution is -0.0245. The van der Waals surface area contributed by atoms with E-state index >= 15 is 0 Å². The van der Waals surface area contributed by atoms with Crippen molar-refractivity contribution in [3.63, 3.8) is 0 Å². The second kappa shape index (κ2) is 7.32. The third-order valence-corrected chi connectivity index (χ3v) is 9.19. The van der Waals surface area contributed by atoms with Gasteiger partial charge in [-0.15, -0.1) is 0 Å². The van der Waals surface area contributed by atoms with Crippen molar-refractivity contribution >= 4 is 27.5 Å². The van der Waals surface area contributed by atoms with Crippen molar-refractivity contribution in [2.45, 2.75) is 62.3 Å². The molecule has 4 aliphatic rings. The van der Waals surface area contributed by atoms with Gasteiger partial charge in [-0.05, 0) is 81.9 Å². The quantitative estimate of drug-likeness (QED) is 0.296. The molecule has 1 aromatic carbocycles. The Hall–Kier alpha value is -1.89. The molecule has 3 N–H and O–H groups in total. The molecule has 0 radical (unpaired) electrons. The third kappa shape index (κ3) is 3.69. The number of nitrogens with two attached hydrogens (primary N) is 1. The van der Waals surface area contributed by atoms with Gasteiger partial charge in [0.2, 0.25) is 10.0 Å². The minimum absolute atomic E-state index is 0.0485. The SMILES string of the molecule is CC(C)(Oc1ccc(Cl)cc1F)C(=N)N(C#N)C1C2CC3CC1CC(S(N)(=O)=O)(C3)C2. The molecule has 0 aromatic heterocycles. The van der Waals surface area contributed by atoms with Crippen LogP contribution in [0.15, 0.2) is 18.2 Å². The fraction of sp³-hybridized carbons (Fsp3) is 0.619. The van der Waals surface area contributed by atoms with E-state index in [0.29, 0.717) is 19.3 Å². The van der Waals surface area contributed by atoms with Gasteiger partial charge in [0.05, 0.1) is 10.8 Å². The van der Waals surface area contributed by atoms with Crippen molar-refractivity contribution in [2.75, 3.05) is 0 Å². The summed E-state index contributed by atoms with van der Waals surface area (Å²) in [6, 6.07) is 3.72. The second-order valence-electron chi connectivity index (χ2n) is 9.69. The molecule has 0 spiro atoms. The zero-order chi connectivity index (χ0) is 22.8. The Labute approximate surface area is 186 Å². The minimum Gasteiger partial charge on any atom is -0.477 e. The van der Waals surface area contributed by atoms with Crippen LogP contribution in [0.3, 0.4) is 0 Å². The van der Waals surface area contributed by atoms with Crippen LogP contribution in [0.1, 0.15) is 46.0 Å². The van der Waals surface area contributed by atoms with Gasteiger partial charge in [0.15, 0.2) is 29.2 Å². The van der Waals surface area contributed by atoms with Gasteiger partial charge < -0.3 is 4.74 Å². The van der Waals surface area contributed by atoms with E-state index in [4.69, 9.17) is 26.9 Å². The fourth-order valence-corrected chi connectivity index (χ4v) is 7.65. The van der Waals surface area contributed by atoms with Crippen molar-refractivity contribution in [1.82, 2.24) is 4.90 Å². The van der Waals surface area contributed by atoms with E-state index in [-0.39, 0.29) is 40.4 Å². The van der Waals surface area contributed by atoms with E-state index in [1.165, 1.54) is 17.0 Å². The van der Waals surface area contributed by atoms with Gasteiger partial charge in [0.25, 0.3) is 0 Å². The normalized spacial score (nSPS) is 31.9. The van der Waals surface area contributed by atoms with E-state index < -0.39 is 26.2 Å². The van der Waals surface area contributed by atoms with Gasteiger partial charge >= 0.3 is 0 Å². The number of hydrogen-bond acceptors (Lipinski definition) is 5. The summed E-state index contributed by atoms with van der Waals surface area (Å²) in [7, 11) is -3.71. The molecule has 1 aromatic rings. The van der Waals surface area contributed by atoms with Gasteiger partial charge in [-0.25, -0.2) is 17.9 Å². The molecule has 5 rings (SSSR count). The highest BCUT2D eigenvalue weighted by Crippen LogP contribution is 2.59. The molecule has 0 heterocycles. The first-order chi connectivity index (χ1) is 14.4. The molecule has 4 aliphatic carbocycles. The Bertz CT molecular complexity index is 1050. The average Bonchev–Trinajstić information content (AvgIpc) is 2.65. The second-order valence-corrected chi connectivity index (χ2v) is 12.1. The van der Waals surface area contributed by atoms with Crippen molar-refractivity contribution in [3.05, 3.63) is 29.0 Å². The largest absolute Gasteiger partial charge is 0.477 e. The predicted octanol–water partition coefficient (Wildman–Crippen LogP) is 3.63. The number of hydrogen-bond donors (Lipinski definition) is 2. The Morgan fingerprint density at radius 1 is 1.35 bits per heavy atom. The summed E-state index contributed by atoms with van der Waals surface area (Å²) in [4.78, 5) is 1.34. The Kier molecular flexibility index (Phi) is 5.27. The summed E-state index contributed by atoms with van der Waals surface area (Å²) < 4.78 is 43.9. The van der Waals surface area contributed by atoms with Gasteiger partial charge in [-0.3, -0.25) is 10.3 Å². The summed E-state index contributed by atoms with van der Waals surface area (Å²) in [5.74, 6) is -0.627. The van der Waals surface area contributed by atoms with Gasteiger partial charge in [0.1, 0.15) is 0 Å². The molecule has 2 atom stereocenters. The number of nitrogens with zero attached hydrogens (tertiary/aromatic N) is 2. The van der Waals surface area contributed by atoms with E-state index in [9.17, 15) is 18.1 Å². The van der Waals surface area contributed by atoms with Crippen LogP contribution >= 0.6 is 11.6 Å². The summed E-state index contributed by atoms with van der Waals surface area (Å²) in [5, 5.41) is 24.6. The van der Waals surface area contributed by atoms with Crippen LogP contribution in [0.5, 0.6) is 5.75 Å². The smallest absolute Gasteiger partial charge is 0.214 e. The summed E-state index contributed by atoms with van der Waals surface area (Å²) in [5.41, 5.74) is -1.29. The first-order valence-corrected chi connectivity index (χ1v) is 12.2. The number of halogens is 2. The number of nitriles is 1. The molecule has 0 saturated heterocycles. The molecule has 0 aliphatic heterocycles. The molecule has 168 valence electrons. The molecule has 4 fully saturated rings. The lowest BCUT2D eigenvalue weighted by Gasteiger charge is -2.60. The Morgan fingerprint density at radius 2 is 1.97 bits per heavy atom. The molecule has 0 amide bonds. The molecular formula is C21H26ClFN4O3S. The number of nitrogens with one attached hydrogen (secondary N) is 1. The van der Waals surface area contributed by atoms with Gasteiger partial charge in [0, 0.05) is 5.02 Å². The van der Waals surface area contributed by atoms with E-state index in [1.54, 1.807) is 13.8 Å². The van der Waals surface area contributed by atoms with Crippen LogP contribution in [0, 0.1) is 40.4 Å². The molecule has 7 nitrogen and oxygen atoms in total. The molecule has 4 bridgehead atoms. The highest BCUT2D eigenvalue weighted by atomic mass is 35.5. The zero-order valence-electron chi connectivity index (χ0n) is 17.4. The Morgan fingerprint density at radius 3 is 2.48 bits per heavy atom. The highest BCUT2D eigenvalue weighted by Gasteiger charge is 2.61. The van der Waals surface area contributed by atoms with E-state index in [2.05, 4.69) is 6.19 Å². The van der Waals surface area contributed by atoms with Crippen LogP contribution in [0.2, 0.25) is 5.02 Å². The molecule has 2 unspecified atom stereocenters. The number of sulfonamides is 1. The highest BCUT2D eigenvalue weighted by molar-refractivity contribution is 7.90. The molecular weight excluding hydrogens is 443 g/mol. The van der Waals surface area contributed by atoms with Crippen molar-refractivity contribution < 1.29 is 17.5 Å². The molecule has 4 saturated carbocycles. The van der Waals surface area contributed by atoms with Crippen LogP contribution in [-0.2, 0) is 10.0 Å². The van der Waals surface area contributed by atoms with Crippen molar-refractivity contribution in [3.8, 4) is 11.9 Å². The van der Waals surface area contributed by atoms with Crippen LogP contribution < -0.4 is 9.88 Å². The lowest BCUT2D eigenvalue weighted by Crippen LogP contribution is -2.66. The summed E-state index contributed by atoms with van der Waals surface area (Å²) >= 11 is 5.80. The van der Waals surface area contributed by atoms with Crippen LogP contribution in [0.25, 0.3) is 0 Å². The first-order valence-electron chi connectivity index (χ1n) is 10.3. The molecule has 31 heavy (non-hydrogen) atoms. The van der Waals surface area contributed by atoms with E-state index in [1.807, 2.05) is 0 Å². The van der Waals surface area contributed by atoms with Crippen LogP contribution in [0.4, 0.5) is 4.39 Å². The lowest BCUT2D eigenvalue weighted by atomic mass is 9.53. The predicted molar refractivity (Wildman–Crippen MR) is 114 cm³/mol. The maximum absolute atomic E-state index is 14.2. The Balaban J connectivity index is 1.59. The van der Waals surface area contributed by atoms with Crippen molar-refractivity contribution in [2.24, 2.45) is 22.9 Å². The zero-order valence-corrected chi connectivity index (χ0v) is 19.0.